The van der Waals surface area contributed by atoms with Gasteiger partial charge in [0.25, 0.3) is 11.8 Å². The van der Waals surface area contributed by atoms with Crippen molar-refractivity contribution in [2.24, 2.45) is 0 Å². The molecule has 2 aromatic rings. The van der Waals surface area contributed by atoms with Gasteiger partial charge < -0.3 is 10.2 Å². The highest BCUT2D eigenvalue weighted by molar-refractivity contribution is 6.30. The van der Waals surface area contributed by atoms with E-state index in [2.05, 4.69) is 15.6 Å². The van der Waals surface area contributed by atoms with E-state index < -0.39 is 0 Å². The van der Waals surface area contributed by atoms with Gasteiger partial charge in [0.1, 0.15) is 0 Å². The van der Waals surface area contributed by atoms with Crippen molar-refractivity contribution in [3.63, 3.8) is 0 Å². The monoisotopic (exact) mass is 401 g/mol. The smallest absolute Gasteiger partial charge is 0.276 e. The van der Waals surface area contributed by atoms with E-state index in [0.29, 0.717) is 16.3 Å². The van der Waals surface area contributed by atoms with Crippen molar-refractivity contribution in [3.8, 4) is 0 Å². The van der Waals surface area contributed by atoms with Crippen LogP contribution in [0, 0.1) is 0 Å². The van der Waals surface area contributed by atoms with Crippen LogP contribution in [0.25, 0.3) is 0 Å². The van der Waals surface area contributed by atoms with Gasteiger partial charge in [-0.2, -0.15) is 0 Å². The summed E-state index contributed by atoms with van der Waals surface area (Å²) in [7, 11) is 0. The number of aromatic nitrogens is 3. The van der Waals surface area contributed by atoms with Crippen molar-refractivity contribution in [1.29, 1.82) is 0 Å². The Bertz CT molecular complexity index is 837. The zero-order valence-corrected chi connectivity index (χ0v) is 16.4. The number of halogens is 1. The van der Waals surface area contributed by atoms with E-state index in [4.69, 9.17) is 11.6 Å². The first-order chi connectivity index (χ1) is 13.6. The maximum atomic E-state index is 12.4. The number of rotatable bonds is 4. The third-order valence-corrected chi connectivity index (χ3v) is 5.89. The molecular formula is C20H24ClN5O2. The number of amides is 2. The average Bonchev–Trinajstić information content (AvgIpc) is 3.41. The number of hydrogen-bond acceptors (Lipinski definition) is 4. The molecule has 0 spiro atoms. The van der Waals surface area contributed by atoms with Crippen molar-refractivity contribution in [3.05, 3.63) is 46.7 Å². The zero-order valence-electron chi connectivity index (χ0n) is 15.7. The van der Waals surface area contributed by atoms with Gasteiger partial charge in [-0.15, -0.1) is 5.10 Å². The topological polar surface area (TPSA) is 80.1 Å². The molecule has 1 aliphatic carbocycles. The summed E-state index contributed by atoms with van der Waals surface area (Å²) < 4.78 is 1.82. The number of carbonyl (C=O) groups is 2. The fraction of sp³-hybridized carbons (Fsp3) is 0.500. The second-order valence-electron chi connectivity index (χ2n) is 7.57. The summed E-state index contributed by atoms with van der Waals surface area (Å²) in [6.07, 6.45) is 7.44. The van der Waals surface area contributed by atoms with Crippen molar-refractivity contribution in [2.45, 2.75) is 50.6 Å². The SMILES string of the molecule is O=C(NC1CCC(n2cc(C(=O)N3CCCC3)nn2)CC1)c1ccc(Cl)cc1. The van der Waals surface area contributed by atoms with E-state index in [1.54, 1.807) is 30.5 Å². The number of nitrogens with one attached hydrogen (secondary N) is 1. The molecule has 1 saturated carbocycles. The molecule has 1 N–H and O–H groups in total. The Kier molecular flexibility index (Phi) is 5.62. The van der Waals surface area contributed by atoms with Crippen LogP contribution < -0.4 is 5.32 Å². The Morgan fingerprint density at radius 2 is 1.71 bits per heavy atom. The molecule has 148 valence electrons. The van der Waals surface area contributed by atoms with Crippen LogP contribution in [-0.4, -0.2) is 50.8 Å². The molecule has 0 unspecified atom stereocenters. The molecule has 2 amide bonds. The second kappa shape index (κ2) is 8.31. The predicted octanol–water partition coefficient (Wildman–Crippen LogP) is 3.08. The number of hydrogen-bond donors (Lipinski definition) is 1. The minimum Gasteiger partial charge on any atom is -0.349 e. The Labute approximate surface area is 169 Å². The highest BCUT2D eigenvalue weighted by Crippen LogP contribution is 2.28. The Morgan fingerprint density at radius 1 is 1.04 bits per heavy atom. The molecule has 2 aliphatic rings. The first-order valence-corrected chi connectivity index (χ1v) is 10.3. The molecule has 1 aromatic heterocycles. The van der Waals surface area contributed by atoms with Crippen molar-refractivity contribution in [1.82, 2.24) is 25.2 Å². The second-order valence-corrected chi connectivity index (χ2v) is 8.01. The van der Waals surface area contributed by atoms with Gasteiger partial charge in [0.2, 0.25) is 0 Å². The van der Waals surface area contributed by atoms with E-state index in [0.717, 1.165) is 51.6 Å². The van der Waals surface area contributed by atoms with Crippen LogP contribution in [0.15, 0.2) is 30.5 Å². The highest BCUT2D eigenvalue weighted by Gasteiger charge is 2.27. The first kappa shape index (κ1) is 18.9. The van der Waals surface area contributed by atoms with Gasteiger partial charge in [0.05, 0.1) is 12.2 Å². The van der Waals surface area contributed by atoms with Gasteiger partial charge in [0.15, 0.2) is 5.69 Å². The van der Waals surface area contributed by atoms with Crippen LogP contribution in [0.3, 0.4) is 0 Å². The van der Waals surface area contributed by atoms with Crippen LogP contribution in [0.4, 0.5) is 0 Å². The minimum absolute atomic E-state index is 0.0207. The standard InChI is InChI=1S/C20H24ClN5O2/c21-15-5-3-14(4-6-15)19(27)22-16-7-9-17(10-8-16)26-13-18(23-24-26)20(28)25-11-1-2-12-25/h3-6,13,16-17H,1-2,7-12H2,(H,22,27). The molecular weight excluding hydrogens is 378 g/mol. The molecule has 8 heteroatoms. The van der Waals surface area contributed by atoms with E-state index in [9.17, 15) is 9.59 Å². The number of benzene rings is 1. The lowest BCUT2D eigenvalue weighted by atomic mass is 9.91. The van der Waals surface area contributed by atoms with Gasteiger partial charge in [-0.25, -0.2) is 4.68 Å². The number of carbonyl (C=O) groups excluding carboxylic acids is 2. The molecule has 0 atom stereocenters. The van der Waals surface area contributed by atoms with Gasteiger partial charge in [0, 0.05) is 29.7 Å². The Hall–Kier alpha value is -2.41. The summed E-state index contributed by atoms with van der Waals surface area (Å²) in [5.74, 6) is -0.0907. The van der Waals surface area contributed by atoms with E-state index >= 15 is 0 Å². The van der Waals surface area contributed by atoms with Gasteiger partial charge in [-0.05, 0) is 62.8 Å². The molecule has 0 bridgehead atoms. The van der Waals surface area contributed by atoms with Crippen molar-refractivity contribution in [2.75, 3.05) is 13.1 Å². The van der Waals surface area contributed by atoms with E-state index in [1.165, 1.54) is 0 Å². The van der Waals surface area contributed by atoms with Crippen LogP contribution >= 0.6 is 11.6 Å². The van der Waals surface area contributed by atoms with Crippen LogP contribution in [-0.2, 0) is 0 Å². The maximum Gasteiger partial charge on any atom is 0.276 e. The molecule has 0 radical (unpaired) electrons. The molecule has 28 heavy (non-hydrogen) atoms. The summed E-state index contributed by atoms with van der Waals surface area (Å²) in [6.45, 7) is 1.62. The zero-order chi connectivity index (χ0) is 19.5. The lowest BCUT2D eigenvalue weighted by Crippen LogP contribution is -2.38. The summed E-state index contributed by atoms with van der Waals surface area (Å²) in [5.41, 5.74) is 1.05. The molecule has 2 heterocycles. The van der Waals surface area contributed by atoms with Gasteiger partial charge in [-0.1, -0.05) is 16.8 Å². The van der Waals surface area contributed by atoms with Crippen LogP contribution in [0.1, 0.15) is 65.4 Å². The Balaban J connectivity index is 1.30. The molecule has 1 saturated heterocycles. The van der Waals surface area contributed by atoms with Crippen molar-refractivity contribution >= 4 is 23.4 Å². The highest BCUT2D eigenvalue weighted by atomic mass is 35.5. The summed E-state index contributed by atoms with van der Waals surface area (Å²) in [6, 6.07) is 7.28. The minimum atomic E-state index is -0.0700. The van der Waals surface area contributed by atoms with E-state index in [-0.39, 0.29) is 23.9 Å². The molecule has 1 aromatic carbocycles. The molecule has 7 nitrogen and oxygen atoms in total. The van der Waals surface area contributed by atoms with Crippen LogP contribution in [0.5, 0.6) is 0 Å². The normalized spacial score (nSPS) is 22.2. The van der Waals surface area contributed by atoms with Gasteiger partial charge in [-0.3, -0.25) is 9.59 Å². The molecule has 1 aliphatic heterocycles. The number of nitrogens with zero attached hydrogens (tertiary/aromatic N) is 4. The fourth-order valence-electron chi connectivity index (χ4n) is 3.99. The lowest BCUT2D eigenvalue weighted by Gasteiger charge is -2.29. The maximum absolute atomic E-state index is 12.4. The summed E-state index contributed by atoms with van der Waals surface area (Å²) in [4.78, 5) is 26.6. The van der Waals surface area contributed by atoms with Crippen LogP contribution in [0.2, 0.25) is 5.02 Å². The summed E-state index contributed by atoms with van der Waals surface area (Å²) >= 11 is 5.87. The predicted molar refractivity (Wildman–Crippen MR) is 105 cm³/mol. The fourth-order valence-corrected chi connectivity index (χ4v) is 4.12. The third-order valence-electron chi connectivity index (χ3n) is 5.64. The first-order valence-electron chi connectivity index (χ1n) is 9.88. The third kappa shape index (κ3) is 4.19. The number of likely N-dealkylation sites (tertiary alicyclic amines) is 1. The van der Waals surface area contributed by atoms with Crippen molar-refractivity contribution < 1.29 is 9.59 Å². The quantitative estimate of drug-likeness (QED) is 0.853. The summed E-state index contributed by atoms with van der Waals surface area (Å²) in [5, 5.41) is 12.0. The lowest BCUT2D eigenvalue weighted by molar-refractivity contribution is 0.0786. The Morgan fingerprint density at radius 3 is 2.39 bits per heavy atom. The largest absolute Gasteiger partial charge is 0.349 e. The van der Waals surface area contributed by atoms with E-state index in [1.807, 2.05) is 9.58 Å². The molecule has 2 fully saturated rings. The average molecular weight is 402 g/mol. The van der Waals surface area contributed by atoms with Gasteiger partial charge >= 0.3 is 0 Å². The molecule has 4 rings (SSSR count).